The number of carboxylic acids is 1. The number of hydrogen-bond acceptors (Lipinski definition) is 3. The molecule has 0 aliphatic carbocycles. The third-order valence-corrected chi connectivity index (χ3v) is 3.85. The topological polar surface area (TPSA) is 88.4 Å². The van der Waals surface area contributed by atoms with Gasteiger partial charge in [0.25, 0.3) is 5.56 Å². The number of carbonyl (C=O) groups excluding carboxylic acids is 1. The van der Waals surface area contributed by atoms with E-state index in [1.54, 1.807) is 16.8 Å². The quantitative estimate of drug-likeness (QED) is 0.765. The zero-order chi connectivity index (χ0) is 18.2. The molecule has 0 fully saturated rings. The molecule has 0 aliphatic heterocycles. The molecule has 132 valence electrons. The van der Waals surface area contributed by atoms with Gasteiger partial charge in [-0.2, -0.15) is 0 Å². The van der Waals surface area contributed by atoms with Gasteiger partial charge in [0.1, 0.15) is 6.04 Å². The summed E-state index contributed by atoms with van der Waals surface area (Å²) < 4.78 is 1.56. The summed E-state index contributed by atoms with van der Waals surface area (Å²) in [7, 11) is 0. The van der Waals surface area contributed by atoms with Crippen LogP contribution in [0.4, 0.5) is 0 Å². The molecule has 2 rings (SSSR count). The lowest BCUT2D eigenvalue weighted by Crippen LogP contribution is -2.42. The smallest absolute Gasteiger partial charge is 0.326 e. The molecule has 1 aromatic carbocycles. The van der Waals surface area contributed by atoms with Crippen LogP contribution in [0.25, 0.3) is 0 Å². The molecule has 1 aromatic heterocycles. The third-order valence-electron chi connectivity index (χ3n) is 3.85. The highest BCUT2D eigenvalue weighted by molar-refractivity contribution is 5.83. The van der Waals surface area contributed by atoms with Crippen LogP contribution in [0, 0.1) is 6.92 Å². The van der Waals surface area contributed by atoms with E-state index in [9.17, 15) is 19.5 Å². The Morgan fingerprint density at radius 2 is 1.88 bits per heavy atom. The summed E-state index contributed by atoms with van der Waals surface area (Å²) in [6.45, 7) is 2.31. The van der Waals surface area contributed by atoms with Gasteiger partial charge in [-0.1, -0.05) is 36.4 Å². The summed E-state index contributed by atoms with van der Waals surface area (Å²) >= 11 is 0. The average molecular weight is 342 g/mol. The van der Waals surface area contributed by atoms with Gasteiger partial charge in [0.2, 0.25) is 5.91 Å². The molecule has 0 bridgehead atoms. The van der Waals surface area contributed by atoms with Gasteiger partial charge in [-0.05, 0) is 24.5 Å². The highest BCUT2D eigenvalue weighted by Gasteiger charge is 2.20. The van der Waals surface area contributed by atoms with Crippen LogP contribution in [-0.2, 0) is 22.6 Å². The zero-order valence-corrected chi connectivity index (χ0v) is 14.1. The van der Waals surface area contributed by atoms with Gasteiger partial charge in [-0.25, -0.2) is 4.79 Å². The minimum Gasteiger partial charge on any atom is -0.480 e. The first-order chi connectivity index (χ1) is 12.0. The lowest BCUT2D eigenvalue weighted by Gasteiger charge is -2.15. The van der Waals surface area contributed by atoms with Crippen molar-refractivity contribution in [2.75, 3.05) is 0 Å². The normalized spacial score (nSPS) is 11.7. The van der Waals surface area contributed by atoms with Crippen molar-refractivity contribution in [2.24, 2.45) is 0 Å². The summed E-state index contributed by atoms with van der Waals surface area (Å²) in [5.41, 5.74) is 1.71. The number of nitrogens with one attached hydrogen (secondary N) is 1. The molecule has 6 nitrogen and oxygen atoms in total. The Morgan fingerprint density at radius 1 is 1.16 bits per heavy atom. The van der Waals surface area contributed by atoms with Gasteiger partial charge in [-0.15, -0.1) is 0 Å². The first-order valence-corrected chi connectivity index (χ1v) is 8.19. The monoisotopic (exact) mass is 342 g/mol. The number of nitrogens with zero attached hydrogens (tertiary/aromatic N) is 1. The molecule has 1 amide bonds. The van der Waals surface area contributed by atoms with Crippen molar-refractivity contribution in [1.29, 1.82) is 0 Å². The third kappa shape index (κ3) is 5.91. The summed E-state index contributed by atoms with van der Waals surface area (Å²) in [5, 5.41) is 11.8. The van der Waals surface area contributed by atoms with E-state index in [1.165, 1.54) is 6.07 Å². The minimum absolute atomic E-state index is 0.113. The van der Waals surface area contributed by atoms with Crippen LogP contribution in [-0.4, -0.2) is 27.6 Å². The SMILES string of the molecule is Cc1ccc(=O)n(CCCC(=O)NC(Cc2ccccc2)C(=O)O)c1. The van der Waals surface area contributed by atoms with Crippen molar-refractivity contribution in [3.05, 3.63) is 70.1 Å². The highest BCUT2D eigenvalue weighted by Crippen LogP contribution is 2.04. The Morgan fingerprint density at radius 3 is 2.56 bits per heavy atom. The second-order valence-corrected chi connectivity index (χ2v) is 5.99. The molecule has 0 saturated carbocycles. The van der Waals surface area contributed by atoms with Gasteiger partial charge in [-0.3, -0.25) is 9.59 Å². The van der Waals surface area contributed by atoms with Gasteiger partial charge in [0.05, 0.1) is 0 Å². The second kappa shape index (κ2) is 8.82. The molecule has 1 atom stereocenters. The first kappa shape index (κ1) is 18.4. The van der Waals surface area contributed by atoms with E-state index >= 15 is 0 Å². The molecule has 1 unspecified atom stereocenters. The number of pyridine rings is 1. The molecule has 0 radical (unpaired) electrons. The van der Waals surface area contributed by atoms with Crippen LogP contribution in [0.5, 0.6) is 0 Å². The fraction of sp³-hybridized carbons (Fsp3) is 0.316. The average Bonchev–Trinajstić information content (AvgIpc) is 2.58. The lowest BCUT2D eigenvalue weighted by molar-refractivity contribution is -0.141. The van der Waals surface area contributed by atoms with Crippen LogP contribution in [0.3, 0.4) is 0 Å². The van der Waals surface area contributed by atoms with E-state index in [2.05, 4.69) is 5.32 Å². The number of hydrogen-bond donors (Lipinski definition) is 2. The maximum absolute atomic E-state index is 12.0. The maximum atomic E-state index is 12.0. The van der Waals surface area contributed by atoms with Gasteiger partial charge in [0.15, 0.2) is 0 Å². The van der Waals surface area contributed by atoms with Crippen molar-refractivity contribution >= 4 is 11.9 Å². The van der Waals surface area contributed by atoms with Gasteiger partial charge < -0.3 is 15.0 Å². The van der Waals surface area contributed by atoms with Crippen LogP contribution >= 0.6 is 0 Å². The second-order valence-electron chi connectivity index (χ2n) is 5.99. The molecule has 0 aliphatic rings. The van der Waals surface area contributed by atoms with Crippen molar-refractivity contribution < 1.29 is 14.7 Å². The lowest BCUT2D eigenvalue weighted by atomic mass is 10.1. The fourth-order valence-electron chi connectivity index (χ4n) is 2.55. The van der Waals surface area contributed by atoms with Crippen LogP contribution in [0.2, 0.25) is 0 Å². The molecule has 0 spiro atoms. The Labute approximate surface area is 146 Å². The number of aromatic nitrogens is 1. The molecular formula is C19H22N2O4. The van der Waals surface area contributed by atoms with E-state index in [1.807, 2.05) is 37.3 Å². The van der Waals surface area contributed by atoms with Crippen LogP contribution in [0.15, 0.2) is 53.5 Å². The zero-order valence-electron chi connectivity index (χ0n) is 14.1. The first-order valence-electron chi connectivity index (χ1n) is 8.19. The largest absolute Gasteiger partial charge is 0.480 e. The van der Waals surface area contributed by atoms with Gasteiger partial charge in [0, 0.05) is 31.6 Å². The van der Waals surface area contributed by atoms with Crippen molar-refractivity contribution in [3.63, 3.8) is 0 Å². The van der Waals surface area contributed by atoms with E-state index < -0.39 is 12.0 Å². The van der Waals surface area contributed by atoms with E-state index in [0.29, 0.717) is 13.0 Å². The number of aryl methyl sites for hydroxylation is 2. The van der Waals surface area contributed by atoms with E-state index in [0.717, 1.165) is 11.1 Å². The van der Waals surface area contributed by atoms with Crippen molar-refractivity contribution in [2.45, 2.75) is 38.8 Å². The Bertz CT molecular complexity index is 784. The van der Waals surface area contributed by atoms with Crippen molar-refractivity contribution in [3.8, 4) is 0 Å². The highest BCUT2D eigenvalue weighted by atomic mass is 16.4. The number of aliphatic carboxylic acids is 1. The van der Waals surface area contributed by atoms with Crippen molar-refractivity contribution in [1.82, 2.24) is 9.88 Å². The Balaban J connectivity index is 1.86. The molecule has 2 aromatic rings. The number of rotatable bonds is 8. The van der Waals surface area contributed by atoms with Crippen LogP contribution in [0.1, 0.15) is 24.0 Å². The number of benzene rings is 1. The summed E-state index contributed by atoms with van der Waals surface area (Å²) in [6.07, 6.45) is 2.61. The molecule has 25 heavy (non-hydrogen) atoms. The molecule has 6 heteroatoms. The predicted molar refractivity (Wildman–Crippen MR) is 94.4 cm³/mol. The maximum Gasteiger partial charge on any atom is 0.326 e. The van der Waals surface area contributed by atoms with E-state index in [4.69, 9.17) is 0 Å². The minimum atomic E-state index is -1.06. The van der Waals surface area contributed by atoms with Crippen LogP contribution < -0.4 is 10.9 Å². The number of carbonyl (C=O) groups is 2. The number of carboxylic acid groups (broad SMARTS) is 1. The summed E-state index contributed by atoms with van der Waals surface area (Å²) in [6, 6.07) is 11.4. The Hall–Kier alpha value is -2.89. The number of amides is 1. The molecule has 1 heterocycles. The van der Waals surface area contributed by atoms with E-state index in [-0.39, 0.29) is 24.3 Å². The predicted octanol–water partition coefficient (Wildman–Crippen LogP) is 1.75. The standard InChI is InChI=1S/C19H22N2O4/c1-14-9-10-18(23)21(13-14)11-5-8-17(22)20-16(19(24)25)12-15-6-3-2-4-7-15/h2-4,6-7,9-10,13,16H,5,8,11-12H2,1H3,(H,20,22)(H,24,25). The summed E-state index contributed by atoms with van der Waals surface area (Å²) in [5.74, 6) is -1.39. The molecule has 0 saturated heterocycles. The molecule has 2 N–H and O–H groups in total. The molecular weight excluding hydrogens is 320 g/mol. The summed E-state index contributed by atoms with van der Waals surface area (Å²) in [4.78, 5) is 35.1. The van der Waals surface area contributed by atoms with Gasteiger partial charge >= 0.3 is 5.97 Å². The Kier molecular flexibility index (Phi) is 6.51. The fourth-order valence-corrected chi connectivity index (χ4v) is 2.55.